The number of benzene rings is 1. The molecule has 70 valence electrons. The summed E-state index contributed by atoms with van der Waals surface area (Å²) in [6.45, 7) is 9.88. The zero-order chi connectivity index (χ0) is 10.1. The van der Waals surface area contributed by atoms with Crippen molar-refractivity contribution in [2.24, 2.45) is 0 Å². The molecule has 1 heteroatoms. The monoisotopic (exact) mass is 183 g/mol. The first-order chi connectivity index (χ1) is 6.66. The summed E-state index contributed by atoms with van der Waals surface area (Å²) in [5.74, 6) is 0. The minimum absolute atomic E-state index is 0.908. The van der Waals surface area contributed by atoms with Gasteiger partial charge < -0.3 is 4.98 Å². The van der Waals surface area contributed by atoms with E-state index < -0.39 is 0 Å². The molecule has 0 radical (unpaired) electrons. The van der Waals surface area contributed by atoms with Crippen molar-refractivity contribution in [2.75, 3.05) is 0 Å². The highest BCUT2D eigenvalue weighted by Crippen LogP contribution is 2.13. The van der Waals surface area contributed by atoms with Crippen LogP contribution in [0.3, 0.4) is 0 Å². The van der Waals surface area contributed by atoms with Gasteiger partial charge in [-0.15, -0.1) is 0 Å². The highest BCUT2D eigenvalue weighted by Gasteiger charge is 1.99. The van der Waals surface area contributed by atoms with E-state index in [1.807, 2.05) is 6.07 Å². The smallest absolute Gasteiger partial charge is 0.0391 e. The third-order valence-corrected chi connectivity index (χ3v) is 2.32. The molecular formula is C13H13N. The topological polar surface area (TPSA) is 15.8 Å². The number of H-pyrrole nitrogens is 1. The normalized spacial score (nSPS) is 10.4. The van der Waals surface area contributed by atoms with Gasteiger partial charge in [-0.25, -0.2) is 0 Å². The van der Waals surface area contributed by atoms with Crippen LogP contribution in [0, 0.1) is 6.92 Å². The minimum Gasteiger partial charge on any atom is -0.356 e. The van der Waals surface area contributed by atoms with Gasteiger partial charge in [0.1, 0.15) is 0 Å². The van der Waals surface area contributed by atoms with Crippen LogP contribution >= 0.6 is 0 Å². The van der Waals surface area contributed by atoms with Crippen molar-refractivity contribution in [3.8, 4) is 11.1 Å². The molecule has 0 bridgehead atoms. The Hall–Kier alpha value is -1.76. The Bertz CT molecular complexity index is 532. The number of aromatic amines is 1. The molecular weight excluding hydrogens is 170 g/mol. The molecule has 0 aliphatic heterocycles. The van der Waals surface area contributed by atoms with Gasteiger partial charge in [0.25, 0.3) is 0 Å². The van der Waals surface area contributed by atoms with E-state index in [-0.39, 0.29) is 0 Å². The summed E-state index contributed by atoms with van der Waals surface area (Å²) in [7, 11) is 0. The predicted octanol–water partition coefficient (Wildman–Crippen LogP) is 1.81. The molecule has 0 saturated carbocycles. The summed E-state index contributed by atoms with van der Waals surface area (Å²) < 4.78 is 0. The second kappa shape index (κ2) is 3.18. The predicted molar refractivity (Wildman–Crippen MR) is 61.3 cm³/mol. The van der Waals surface area contributed by atoms with Gasteiger partial charge in [0.2, 0.25) is 0 Å². The third-order valence-electron chi connectivity index (χ3n) is 2.32. The van der Waals surface area contributed by atoms with Crippen molar-refractivity contribution in [3.63, 3.8) is 0 Å². The van der Waals surface area contributed by atoms with Crippen LogP contribution in [0.15, 0.2) is 30.3 Å². The number of hydrogen-bond donors (Lipinski definition) is 1. The van der Waals surface area contributed by atoms with Gasteiger partial charge in [0.15, 0.2) is 0 Å². The summed E-state index contributed by atoms with van der Waals surface area (Å²) in [6, 6.07) is 10.4. The molecule has 0 spiro atoms. The average Bonchev–Trinajstić information content (AvgIpc) is 2.47. The van der Waals surface area contributed by atoms with E-state index in [1.54, 1.807) is 0 Å². The molecule has 2 aromatic rings. The second-order valence-corrected chi connectivity index (χ2v) is 3.55. The van der Waals surface area contributed by atoms with Gasteiger partial charge in [0.05, 0.1) is 0 Å². The van der Waals surface area contributed by atoms with E-state index in [2.05, 4.69) is 49.3 Å². The SMILES string of the molecule is C=c1cc(-c2ccc(C)cc2)c(=C)[nH]1. The summed E-state index contributed by atoms with van der Waals surface area (Å²) in [6.07, 6.45) is 0. The summed E-state index contributed by atoms with van der Waals surface area (Å²) in [4.78, 5) is 3.10. The Morgan fingerprint density at radius 3 is 2.21 bits per heavy atom. The van der Waals surface area contributed by atoms with Crippen LogP contribution in [0.1, 0.15) is 5.56 Å². The maximum Gasteiger partial charge on any atom is 0.0391 e. The number of nitrogens with one attached hydrogen (secondary N) is 1. The lowest BCUT2D eigenvalue weighted by Crippen LogP contribution is -2.06. The van der Waals surface area contributed by atoms with E-state index in [0.717, 1.165) is 16.3 Å². The Balaban J connectivity index is 2.60. The van der Waals surface area contributed by atoms with Crippen LogP contribution in [0.25, 0.3) is 24.3 Å². The summed E-state index contributed by atoms with van der Waals surface area (Å²) in [5, 5.41) is 1.84. The Morgan fingerprint density at radius 2 is 1.71 bits per heavy atom. The van der Waals surface area contributed by atoms with Crippen molar-refractivity contribution < 1.29 is 0 Å². The van der Waals surface area contributed by atoms with Crippen LogP contribution in [0.4, 0.5) is 0 Å². The molecule has 1 heterocycles. The maximum absolute atomic E-state index is 3.94. The van der Waals surface area contributed by atoms with Gasteiger partial charge in [-0.3, -0.25) is 0 Å². The van der Waals surface area contributed by atoms with Crippen LogP contribution in [0.2, 0.25) is 0 Å². The first kappa shape index (κ1) is 8.82. The molecule has 14 heavy (non-hydrogen) atoms. The lowest BCUT2D eigenvalue weighted by Gasteiger charge is -1.98. The zero-order valence-electron chi connectivity index (χ0n) is 8.30. The number of aromatic nitrogens is 1. The zero-order valence-corrected chi connectivity index (χ0v) is 8.30. The van der Waals surface area contributed by atoms with E-state index in [1.165, 1.54) is 11.1 Å². The molecule has 1 N–H and O–H groups in total. The van der Waals surface area contributed by atoms with Crippen molar-refractivity contribution >= 4 is 13.2 Å². The van der Waals surface area contributed by atoms with E-state index in [4.69, 9.17) is 0 Å². The number of rotatable bonds is 1. The van der Waals surface area contributed by atoms with Gasteiger partial charge in [-0.05, 0) is 18.6 Å². The fourth-order valence-corrected chi connectivity index (χ4v) is 1.55. The van der Waals surface area contributed by atoms with Crippen molar-refractivity contribution in [1.29, 1.82) is 0 Å². The lowest BCUT2D eigenvalue weighted by molar-refractivity contribution is 1.28. The largest absolute Gasteiger partial charge is 0.356 e. The molecule has 0 unspecified atom stereocenters. The molecule has 2 rings (SSSR count). The van der Waals surface area contributed by atoms with Crippen molar-refractivity contribution in [3.05, 3.63) is 46.6 Å². The summed E-state index contributed by atoms with van der Waals surface area (Å²) >= 11 is 0. The summed E-state index contributed by atoms with van der Waals surface area (Å²) in [5.41, 5.74) is 3.59. The molecule has 1 aromatic heterocycles. The molecule has 0 amide bonds. The first-order valence-electron chi connectivity index (χ1n) is 4.61. The highest BCUT2D eigenvalue weighted by atomic mass is 14.7. The molecule has 0 aliphatic rings. The molecule has 0 atom stereocenters. The number of hydrogen-bond acceptors (Lipinski definition) is 0. The van der Waals surface area contributed by atoms with E-state index in [9.17, 15) is 0 Å². The molecule has 1 aromatic carbocycles. The maximum atomic E-state index is 3.94. The Morgan fingerprint density at radius 1 is 1.07 bits per heavy atom. The highest BCUT2D eigenvalue weighted by molar-refractivity contribution is 5.63. The number of aryl methyl sites for hydroxylation is 1. The standard InChI is InChI=1S/C13H13N/c1-9-4-6-12(7-5-9)13-8-10(2)14-11(13)3/h4-8,14H,2-3H2,1H3. The quantitative estimate of drug-likeness (QED) is 0.694. The van der Waals surface area contributed by atoms with Gasteiger partial charge in [-0.1, -0.05) is 43.0 Å². The average molecular weight is 183 g/mol. The van der Waals surface area contributed by atoms with Gasteiger partial charge in [-0.2, -0.15) is 0 Å². The van der Waals surface area contributed by atoms with Crippen LogP contribution in [0.5, 0.6) is 0 Å². The molecule has 0 aliphatic carbocycles. The van der Waals surface area contributed by atoms with E-state index in [0.29, 0.717) is 0 Å². The van der Waals surface area contributed by atoms with Crippen LogP contribution < -0.4 is 10.7 Å². The van der Waals surface area contributed by atoms with Crippen LogP contribution in [-0.4, -0.2) is 4.98 Å². The fraction of sp³-hybridized carbons (Fsp3) is 0.0769. The van der Waals surface area contributed by atoms with E-state index >= 15 is 0 Å². The van der Waals surface area contributed by atoms with Gasteiger partial charge in [0, 0.05) is 16.3 Å². The van der Waals surface area contributed by atoms with Crippen molar-refractivity contribution in [2.45, 2.75) is 6.92 Å². The van der Waals surface area contributed by atoms with Crippen molar-refractivity contribution in [1.82, 2.24) is 4.98 Å². The van der Waals surface area contributed by atoms with Gasteiger partial charge >= 0.3 is 0 Å². The molecule has 1 nitrogen and oxygen atoms in total. The molecule has 0 fully saturated rings. The first-order valence-corrected chi connectivity index (χ1v) is 4.61. The Kier molecular flexibility index (Phi) is 2.01. The van der Waals surface area contributed by atoms with Crippen LogP contribution in [-0.2, 0) is 0 Å². The fourth-order valence-electron chi connectivity index (χ4n) is 1.55. The lowest BCUT2D eigenvalue weighted by atomic mass is 10.1. The molecule has 0 saturated heterocycles. The third kappa shape index (κ3) is 1.49. The Labute approximate surface area is 83.4 Å². The second-order valence-electron chi connectivity index (χ2n) is 3.55. The minimum atomic E-state index is 0.908.